The van der Waals surface area contributed by atoms with Crippen LogP contribution in [0.2, 0.25) is 0 Å². The number of hydrogen-bond acceptors (Lipinski definition) is 6. The van der Waals surface area contributed by atoms with E-state index < -0.39 is 0 Å². The molecule has 0 radical (unpaired) electrons. The smallest absolute Gasteiger partial charge is 0.263 e. The fourth-order valence-electron chi connectivity index (χ4n) is 2.27. The van der Waals surface area contributed by atoms with Crippen LogP contribution in [-0.2, 0) is 6.54 Å². The first-order valence-electron chi connectivity index (χ1n) is 7.18. The Morgan fingerprint density at radius 2 is 2.00 bits per heavy atom. The third-order valence-electron chi connectivity index (χ3n) is 3.79. The van der Waals surface area contributed by atoms with E-state index in [1.165, 1.54) is 0 Å². The summed E-state index contributed by atoms with van der Waals surface area (Å²) >= 11 is 0. The van der Waals surface area contributed by atoms with Gasteiger partial charge in [-0.1, -0.05) is 5.16 Å². The molecule has 6 heteroatoms. The van der Waals surface area contributed by atoms with E-state index in [4.69, 9.17) is 13.4 Å². The lowest BCUT2D eigenvalue weighted by atomic mass is 10.2. The molecule has 3 rings (SSSR count). The third-order valence-corrected chi connectivity index (χ3v) is 3.79. The Bertz CT molecular complexity index is 743. The average Bonchev–Trinajstić information content (AvgIpc) is 3.20. The topological polar surface area (TPSA) is 68.4 Å². The molecule has 0 fully saturated rings. The minimum Gasteiger partial charge on any atom is -0.456 e. The van der Waals surface area contributed by atoms with Gasteiger partial charge >= 0.3 is 0 Å². The minimum absolute atomic E-state index is 0.129. The number of nitrogens with zero attached hydrogens (tertiary/aromatic N) is 3. The molecule has 0 aliphatic carbocycles. The van der Waals surface area contributed by atoms with Gasteiger partial charge in [-0.15, -0.1) is 0 Å². The van der Waals surface area contributed by atoms with Crippen LogP contribution < -0.4 is 0 Å². The normalized spacial score (nSPS) is 13.0. The highest BCUT2D eigenvalue weighted by molar-refractivity contribution is 5.45. The van der Waals surface area contributed by atoms with Crippen molar-refractivity contribution in [1.29, 1.82) is 0 Å². The molecule has 0 N–H and O–H groups in total. The molecule has 0 bridgehead atoms. The molecule has 116 valence electrons. The van der Waals surface area contributed by atoms with Crippen LogP contribution in [0.5, 0.6) is 0 Å². The van der Waals surface area contributed by atoms with E-state index >= 15 is 0 Å². The predicted molar refractivity (Wildman–Crippen MR) is 80.1 cm³/mol. The largest absolute Gasteiger partial charge is 0.456 e. The lowest BCUT2D eigenvalue weighted by Crippen LogP contribution is -2.22. The SMILES string of the molecule is Cc1ccc(-c2nc(CN(C)[C@H](C)c3ccon3)c(C)o2)o1. The van der Waals surface area contributed by atoms with Gasteiger partial charge in [0.05, 0.1) is 11.7 Å². The molecule has 3 heterocycles. The fraction of sp³-hybridized carbons (Fsp3) is 0.375. The maximum atomic E-state index is 5.72. The van der Waals surface area contributed by atoms with Crippen molar-refractivity contribution in [2.24, 2.45) is 0 Å². The number of rotatable bonds is 5. The number of furan rings is 1. The Balaban J connectivity index is 1.76. The molecule has 1 atom stereocenters. The van der Waals surface area contributed by atoms with Crippen molar-refractivity contribution >= 4 is 0 Å². The van der Waals surface area contributed by atoms with Crippen molar-refractivity contribution in [1.82, 2.24) is 15.0 Å². The first kappa shape index (κ1) is 14.6. The molecule has 0 aliphatic rings. The zero-order valence-electron chi connectivity index (χ0n) is 13.2. The van der Waals surface area contributed by atoms with E-state index in [-0.39, 0.29) is 6.04 Å². The number of hydrogen-bond donors (Lipinski definition) is 0. The van der Waals surface area contributed by atoms with Crippen LogP contribution in [0.4, 0.5) is 0 Å². The summed E-state index contributed by atoms with van der Waals surface area (Å²) < 4.78 is 16.2. The van der Waals surface area contributed by atoms with Gasteiger partial charge in [-0.2, -0.15) is 0 Å². The Morgan fingerprint density at radius 1 is 1.18 bits per heavy atom. The first-order valence-corrected chi connectivity index (χ1v) is 7.18. The van der Waals surface area contributed by atoms with Crippen molar-refractivity contribution in [3.8, 4) is 11.7 Å². The first-order chi connectivity index (χ1) is 10.5. The summed E-state index contributed by atoms with van der Waals surface area (Å²) in [4.78, 5) is 6.69. The van der Waals surface area contributed by atoms with Gasteiger partial charge in [0, 0.05) is 12.6 Å². The Hall–Kier alpha value is -2.34. The van der Waals surface area contributed by atoms with Crippen LogP contribution in [0, 0.1) is 13.8 Å². The number of oxazole rings is 1. The lowest BCUT2D eigenvalue weighted by molar-refractivity contribution is 0.237. The summed E-state index contributed by atoms with van der Waals surface area (Å²) in [6.45, 7) is 6.54. The van der Waals surface area contributed by atoms with E-state index in [9.17, 15) is 0 Å². The third kappa shape index (κ3) is 2.82. The summed E-state index contributed by atoms with van der Waals surface area (Å²) in [6, 6.07) is 5.76. The molecule has 0 amide bonds. The summed E-state index contributed by atoms with van der Waals surface area (Å²) in [6.07, 6.45) is 1.58. The van der Waals surface area contributed by atoms with Gasteiger partial charge in [0.2, 0.25) is 0 Å². The highest BCUT2D eigenvalue weighted by Crippen LogP contribution is 2.26. The molecule has 3 aromatic heterocycles. The van der Waals surface area contributed by atoms with Crippen molar-refractivity contribution in [2.75, 3.05) is 7.05 Å². The Kier molecular flexibility index (Phi) is 3.85. The van der Waals surface area contributed by atoms with Gasteiger partial charge in [-0.25, -0.2) is 4.98 Å². The van der Waals surface area contributed by atoms with Crippen LogP contribution >= 0.6 is 0 Å². The maximum Gasteiger partial charge on any atom is 0.263 e. The van der Waals surface area contributed by atoms with Gasteiger partial charge in [0.1, 0.15) is 23.5 Å². The molecule has 22 heavy (non-hydrogen) atoms. The van der Waals surface area contributed by atoms with Gasteiger partial charge in [-0.3, -0.25) is 4.90 Å². The summed E-state index contributed by atoms with van der Waals surface area (Å²) in [5, 5.41) is 3.98. The minimum atomic E-state index is 0.129. The fourth-order valence-corrected chi connectivity index (χ4v) is 2.27. The second-order valence-corrected chi connectivity index (χ2v) is 5.45. The van der Waals surface area contributed by atoms with E-state index in [0.717, 1.165) is 22.9 Å². The highest BCUT2D eigenvalue weighted by atomic mass is 16.5. The Labute approximate surface area is 128 Å². The molecule has 0 aromatic carbocycles. The van der Waals surface area contributed by atoms with Crippen molar-refractivity contribution < 1.29 is 13.4 Å². The Morgan fingerprint density at radius 3 is 2.64 bits per heavy atom. The van der Waals surface area contributed by atoms with E-state index in [1.807, 2.05) is 39.1 Å². The lowest BCUT2D eigenvalue weighted by Gasteiger charge is -2.21. The molecule has 0 aliphatic heterocycles. The van der Waals surface area contributed by atoms with E-state index in [1.54, 1.807) is 6.26 Å². The van der Waals surface area contributed by atoms with Crippen LogP contribution in [0.25, 0.3) is 11.7 Å². The van der Waals surface area contributed by atoms with Crippen LogP contribution in [0.1, 0.15) is 35.9 Å². The molecule has 0 unspecified atom stereocenters. The maximum absolute atomic E-state index is 5.72. The molecule has 3 aromatic rings. The molecule has 0 saturated carbocycles. The quantitative estimate of drug-likeness (QED) is 0.715. The summed E-state index contributed by atoms with van der Waals surface area (Å²) in [5.74, 6) is 2.80. The van der Waals surface area contributed by atoms with Crippen molar-refractivity contribution in [3.05, 3.63) is 47.4 Å². The second kappa shape index (κ2) is 5.81. The van der Waals surface area contributed by atoms with Crippen LogP contribution in [0.3, 0.4) is 0 Å². The van der Waals surface area contributed by atoms with Crippen LogP contribution in [-0.4, -0.2) is 22.1 Å². The standard InChI is InChI=1S/C16H19N3O3/c1-10-5-6-15(21-10)16-17-14(12(3)22-16)9-19(4)11(2)13-7-8-20-18-13/h5-8,11H,9H2,1-4H3/t11-/m1/s1. The van der Waals surface area contributed by atoms with Gasteiger partial charge in [0.15, 0.2) is 5.76 Å². The van der Waals surface area contributed by atoms with Crippen LogP contribution in [0.15, 0.2) is 37.8 Å². The van der Waals surface area contributed by atoms with Gasteiger partial charge in [-0.05, 0) is 40.0 Å². The highest BCUT2D eigenvalue weighted by Gasteiger charge is 2.19. The molecule has 0 spiro atoms. The predicted octanol–water partition coefficient (Wildman–Crippen LogP) is 3.73. The monoisotopic (exact) mass is 301 g/mol. The average molecular weight is 301 g/mol. The molecular weight excluding hydrogens is 282 g/mol. The molecule has 6 nitrogen and oxygen atoms in total. The van der Waals surface area contributed by atoms with Gasteiger partial charge in [0.25, 0.3) is 5.89 Å². The molecular formula is C16H19N3O3. The molecule has 0 saturated heterocycles. The number of aryl methyl sites for hydroxylation is 2. The summed E-state index contributed by atoms with van der Waals surface area (Å²) in [7, 11) is 2.02. The van der Waals surface area contributed by atoms with E-state index in [0.29, 0.717) is 18.2 Å². The van der Waals surface area contributed by atoms with Crippen molar-refractivity contribution in [2.45, 2.75) is 33.4 Å². The van der Waals surface area contributed by atoms with Crippen molar-refractivity contribution in [3.63, 3.8) is 0 Å². The summed E-state index contributed by atoms with van der Waals surface area (Å²) in [5.41, 5.74) is 1.78. The van der Waals surface area contributed by atoms with Gasteiger partial charge < -0.3 is 13.4 Å². The zero-order valence-corrected chi connectivity index (χ0v) is 13.2. The second-order valence-electron chi connectivity index (χ2n) is 5.45. The zero-order chi connectivity index (χ0) is 15.7. The van der Waals surface area contributed by atoms with E-state index in [2.05, 4.69) is 22.0 Å². The number of aromatic nitrogens is 2.